The first kappa shape index (κ1) is 19.7. The lowest BCUT2D eigenvalue weighted by atomic mass is 9.82. The minimum atomic E-state index is -3.48. The van der Waals surface area contributed by atoms with Gasteiger partial charge in [0.15, 0.2) is 0 Å². The van der Waals surface area contributed by atoms with Crippen LogP contribution < -0.4 is 10.0 Å². The fourth-order valence-electron chi connectivity index (χ4n) is 3.21. The van der Waals surface area contributed by atoms with E-state index in [-0.39, 0.29) is 0 Å². The van der Waals surface area contributed by atoms with Crippen molar-refractivity contribution in [1.82, 2.24) is 10.0 Å². The molecule has 1 aromatic carbocycles. The van der Waals surface area contributed by atoms with E-state index in [1.165, 1.54) is 0 Å². The molecule has 0 spiro atoms. The molecule has 140 valence electrons. The third kappa shape index (κ3) is 6.01. The third-order valence-electron chi connectivity index (χ3n) is 4.93. The van der Waals surface area contributed by atoms with Gasteiger partial charge in [-0.15, -0.1) is 0 Å². The van der Waals surface area contributed by atoms with Gasteiger partial charge in [-0.1, -0.05) is 26.0 Å². The van der Waals surface area contributed by atoms with E-state index < -0.39 is 16.1 Å². The molecule has 2 rings (SSSR count). The summed E-state index contributed by atoms with van der Waals surface area (Å²) >= 11 is 0. The van der Waals surface area contributed by atoms with Gasteiger partial charge in [0, 0.05) is 13.1 Å². The molecule has 25 heavy (non-hydrogen) atoms. The van der Waals surface area contributed by atoms with Crippen LogP contribution in [0.4, 0.5) is 4.79 Å². The number of rotatable bonds is 7. The summed E-state index contributed by atoms with van der Waals surface area (Å²) in [6, 6.07) is 7.04. The van der Waals surface area contributed by atoms with Gasteiger partial charge in [-0.05, 0) is 61.1 Å². The zero-order valence-corrected chi connectivity index (χ0v) is 15.7. The first-order chi connectivity index (χ1) is 11.8. The first-order valence-corrected chi connectivity index (χ1v) is 10.3. The summed E-state index contributed by atoms with van der Waals surface area (Å²) in [5.74, 6) is 1.04. The van der Waals surface area contributed by atoms with Crippen LogP contribution in [-0.2, 0) is 10.0 Å². The van der Waals surface area contributed by atoms with Gasteiger partial charge in [0.1, 0.15) is 0 Å². The first-order valence-electron chi connectivity index (χ1n) is 8.84. The number of hydrogen-bond donors (Lipinski definition) is 3. The van der Waals surface area contributed by atoms with Gasteiger partial charge < -0.3 is 10.4 Å². The number of carboxylic acid groups (broad SMARTS) is 1. The Morgan fingerprint density at radius 2 is 1.60 bits per heavy atom. The summed E-state index contributed by atoms with van der Waals surface area (Å²) in [5, 5.41) is 11.1. The zero-order chi connectivity index (χ0) is 18.4. The Balaban J connectivity index is 1.81. The van der Waals surface area contributed by atoms with Crippen molar-refractivity contribution in [3.05, 3.63) is 29.8 Å². The molecule has 1 aliphatic rings. The van der Waals surface area contributed by atoms with Gasteiger partial charge in [-0.2, -0.15) is 0 Å². The number of nitrogens with one attached hydrogen (secondary N) is 2. The Morgan fingerprint density at radius 1 is 1.08 bits per heavy atom. The smallest absolute Gasteiger partial charge is 0.404 e. The molecule has 0 radical (unpaired) electrons. The molecule has 7 heteroatoms. The van der Waals surface area contributed by atoms with Crippen LogP contribution >= 0.6 is 0 Å². The molecule has 1 amide bonds. The molecule has 1 fully saturated rings. The molecule has 0 heterocycles. The maximum atomic E-state index is 12.4. The van der Waals surface area contributed by atoms with Gasteiger partial charge in [0.2, 0.25) is 10.0 Å². The summed E-state index contributed by atoms with van der Waals surface area (Å²) in [6.45, 7) is 5.07. The molecule has 0 bridgehead atoms. The van der Waals surface area contributed by atoms with E-state index in [4.69, 9.17) is 5.11 Å². The van der Waals surface area contributed by atoms with Crippen LogP contribution in [0.15, 0.2) is 29.2 Å². The topological polar surface area (TPSA) is 95.5 Å². The molecule has 3 N–H and O–H groups in total. The van der Waals surface area contributed by atoms with E-state index in [1.807, 2.05) is 12.1 Å². The Kier molecular flexibility index (Phi) is 6.84. The normalized spacial score (nSPS) is 21.2. The van der Waals surface area contributed by atoms with Crippen molar-refractivity contribution in [1.29, 1.82) is 0 Å². The number of carbonyl (C=O) groups is 1. The molecule has 1 aliphatic carbocycles. The second-order valence-electron chi connectivity index (χ2n) is 7.15. The summed E-state index contributed by atoms with van der Waals surface area (Å²) in [6.07, 6.45) is 2.70. The quantitative estimate of drug-likeness (QED) is 0.689. The van der Waals surface area contributed by atoms with Crippen LogP contribution in [0.1, 0.15) is 51.0 Å². The van der Waals surface area contributed by atoms with Crippen molar-refractivity contribution in [2.45, 2.75) is 50.3 Å². The Hall–Kier alpha value is -1.60. The van der Waals surface area contributed by atoms with Gasteiger partial charge in [-0.3, -0.25) is 0 Å². The van der Waals surface area contributed by atoms with E-state index in [0.717, 1.165) is 31.2 Å². The molecular weight excluding hydrogens is 340 g/mol. The fourth-order valence-corrected chi connectivity index (χ4v) is 4.33. The maximum absolute atomic E-state index is 12.4. The predicted molar refractivity (Wildman–Crippen MR) is 97.2 cm³/mol. The average molecular weight is 368 g/mol. The molecule has 0 aromatic heterocycles. The van der Waals surface area contributed by atoms with Crippen molar-refractivity contribution in [2.75, 3.05) is 13.1 Å². The summed E-state index contributed by atoms with van der Waals surface area (Å²) in [7, 11) is -3.48. The van der Waals surface area contributed by atoms with Gasteiger partial charge in [0.25, 0.3) is 0 Å². The van der Waals surface area contributed by atoms with Crippen molar-refractivity contribution in [3.63, 3.8) is 0 Å². The van der Waals surface area contributed by atoms with Gasteiger partial charge >= 0.3 is 6.09 Å². The minimum Gasteiger partial charge on any atom is -0.465 e. The lowest BCUT2D eigenvalue weighted by Gasteiger charge is -2.28. The van der Waals surface area contributed by atoms with Crippen molar-refractivity contribution in [3.8, 4) is 0 Å². The molecule has 0 saturated heterocycles. The Morgan fingerprint density at radius 3 is 2.08 bits per heavy atom. The number of hydrogen-bond acceptors (Lipinski definition) is 3. The van der Waals surface area contributed by atoms with E-state index in [9.17, 15) is 13.2 Å². The predicted octanol–water partition coefficient (Wildman–Crippen LogP) is 3.16. The number of benzene rings is 1. The van der Waals surface area contributed by atoms with E-state index in [1.54, 1.807) is 12.1 Å². The molecular formula is C18H28N2O4S. The van der Waals surface area contributed by atoms with Crippen molar-refractivity contribution >= 4 is 16.1 Å². The molecule has 1 aromatic rings. The zero-order valence-electron chi connectivity index (χ0n) is 14.9. The summed E-state index contributed by atoms with van der Waals surface area (Å²) in [5.41, 5.74) is 1.12. The third-order valence-corrected chi connectivity index (χ3v) is 6.37. The van der Waals surface area contributed by atoms with Crippen molar-refractivity contribution < 1.29 is 18.3 Å². The van der Waals surface area contributed by atoms with E-state index >= 15 is 0 Å². The highest BCUT2D eigenvalue weighted by atomic mass is 32.2. The average Bonchev–Trinajstić information content (AvgIpc) is 2.59. The Bertz CT molecular complexity index is 663. The standard InChI is InChI=1S/C18H28N2O4S/c1-13(2)16-7-9-17(10-8-16)25(23,24)20-12-15-5-3-14(4-6-15)11-19-18(21)22/h7-10,13-15,19-20H,3-6,11-12H2,1-2H3,(H,21,22). The maximum Gasteiger partial charge on any atom is 0.404 e. The second kappa shape index (κ2) is 8.67. The number of amides is 1. The van der Waals surface area contributed by atoms with Gasteiger partial charge in [0.05, 0.1) is 4.90 Å². The minimum absolute atomic E-state index is 0.302. The number of sulfonamides is 1. The molecule has 6 nitrogen and oxygen atoms in total. The van der Waals surface area contributed by atoms with Crippen LogP contribution in [-0.4, -0.2) is 32.7 Å². The van der Waals surface area contributed by atoms with Crippen LogP contribution in [0, 0.1) is 11.8 Å². The summed E-state index contributed by atoms with van der Waals surface area (Å²) in [4.78, 5) is 10.8. The summed E-state index contributed by atoms with van der Waals surface area (Å²) < 4.78 is 27.5. The SMILES string of the molecule is CC(C)c1ccc(S(=O)(=O)NCC2CCC(CNC(=O)O)CC2)cc1. The van der Waals surface area contributed by atoms with Gasteiger partial charge in [-0.25, -0.2) is 17.9 Å². The van der Waals surface area contributed by atoms with Crippen LogP contribution in [0.2, 0.25) is 0 Å². The van der Waals surface area contributed by atoms with Crippen LogP contribution in [0.5, 0.6) is 0 Å². The highest BCUT2D eigenvalue weighted by molar-refractivity contribution is 7.89. The Labute approximate surface area is 150 Å². The lowest BCUT2D eigenvalue weighted by Crippen LogP contribution is -2.34. The largest absolute Gasteiger partial charge is 0.465 e. The monoisotopic (exact) mass is 368 g/mol. The lowest BCUT2D eigenvalue weighted by molar-refractivity contribution is 0.188. The van der Waals surface area contributed by atoms with Crippen LogP contribution in [0.25, 0.3) is 0 Å². The van der Waals surface area contributed by atoms with E-state index in [2.05, 4.69) is 23.9 Å². The van der Waals surface area contributed by atoms with Crippen LogP contribution in [0.3, 0.4) is 0 Å². The fraction of sp³-hybridized carbons (Fsp3) is 0.611. The van der Waals surface area contributed by atoms with Crippen molar-refractivity contribution in [2.24, 2.45) is 11.8 Å². The highest BCUT2D eigenvalue weighted by Gasteiger charge is 2.23. The molecule has 0 atom stereocenters. The van der Waals surface area contributed by atoms with E-state index in [0.29, 0.717) is 35.7 Å². The highest BCUT2D eigenvalue weighted by Crippen LogP contribution is 2.28. The second-order valence-corrected chi connectivity index (χ2v) is 8.92. The molecule has 0 unspecified atom stereocenters. The molecule has 1 saturated carbocycles. The molecule has 0 aliphatic heterocycles.